The average molecular weight is 483 g/mol. The largest absolute Gasteiger partial charge is 0.0622 e. The predicted molar refractivity (Wildman–Crippen MR) is 144 cm³/mol. The van der Waals surface area contributed by atoms with Gasteiger partial charge in [0.25, 0.3) is 0 Å². The molecule has 0 saturated carbocycles. The number of benzene rings is 6. The van der Waals surface area contributed by atoms with Gasteiger partial charge in [0.05, 0.1) is 0 Å². The van der Waals surface area contributed by atoms with Crippen molar-refractivity contribution in [1.82, 2.24) is 0 Å². The molecule has 0 bridgehead atoms. The summed E-state index contributed by atoms with van der Waals surface area (Å²) in [5.41, 5.74) is 10.6. The molecule has 0 atom stereocenters. The van der Waals surface area contributed by atoms with Crippen molar-refractivity contribution in [2.75, 3.05) is 0 Å². The SMILES string of the molecule is Brc1ccc2cc3c(cc2c1)-c1c-3c(-c2ccccc2)c2ccccc2c1-c1ccccc1. The molecule has 0 spiro atoms. The Morgan fingerprint density at radius 1 is 0.394 bits per heavy atom. The number of hydrogen-bond donors (Lipinski definition) is 0. The summed E-state index contributed by atoms with van der Waals surface area (Å²) in [4.78, 5) is 0. The third-order valence-corrected chi connectivity index (χ3v) is 7.31. The van der Waals surface area contributed by atoms with E-state index < -0.39 is 0 Å². The van der Waals surface area contributed by atoms with Gasteiger partial charge in [-0.1, -0.05) is 107 Å². The van der Waals surface area contributed by atoms with Crippen LogP contribution in [0.3, 0.4) is 0 Å². The first kappa shape index (κ1) is 18.8. The zero-order valence-corrected chi connectivity index (χ0v) is 19.4. The minimum absolute atomic E-state index is 1.11. The highest BCUT2D eigenvalue weighted by atomic mass is 79.9. The lowest BCUT2D eigenvalue weighted by Crippen LogP contribution is -2.05. The fourth-order valence-electron chi connectivity index (χ4n) is 5.41. The molecule has 0 radical (unpaired) electrons. The lowest BCUT2D eigenvalue weighted by atomic mass is 9.70. The Labute approximate surface area is 201 Å². The van der Waals surface area contributed by atoms with Crippen molar-refractivity contribution in [3.05, 3.63) is 120 Å². The van der Waals surface area contributed by atoms with E-state index in [-0.39, 0.29) is 0 Å². The Kier molecular flexibility index (Phi) is 4.09. The highest BCUT2D eigenvalue weighted by Crippen LogP contribution is 2.59. The van der Waals surface area contributed by atoms with Crippen LogP contribution >= 0.6 is 15.9 Å². The summed E-state index contributed by atoms with van der Waals surface area (Å²) in [6, 6.07) is 41.8. The molecular formula is C32H19Br. The Balaban J connectivity index is 1.67. The molecule has 0 saturated heterocycles. The Morgan fingerprint density at radius 2 is 0.879 bits per heavy atom. The van der Waals surface area contributed by atoms with Gasteiger partial charge < -0.3 is 0 Å². The minimum Gasteiger partial charge on any atom is -0.0622 e. The van der Waals surface area contributed by atoms with Gasteiger partial charge in [0, 0.05) is 4.47 Å². The van der Waals surface area contributed by atoms with Crippen LogP contribution in [0.2, 0.25) is 0 Å². The smallest absolute Gasteiger partial charge is 0.0181 e. The molecular weight excluding hydrogens is 464 g/mol. The summed E-state index contributed by atoms with van der Waals surface area (Å²) in [7, 11) is 0. The molecule has 7 rings (SSSR count). The van der Waals surface area contributed by atoms with Crippen LogP contribution in [0.4, 0.5) is 0 Å². The van der Waals surface area contributed by atoms with Crippen LogP contribution < -0.4 is 0 Å². The predicted octanol–water partition coefficient (Wildman–Crippen LogP) is 9.74. The molecule has 1 aliphatic rings. The van der Waals surface area contributed by atoms with E-state index in [1.807, 2.05) is 0 Å². The summed E-state index contributed by atoms with van der Waals surface area (Å²) in [5.74, 6) is 0. The first-order valence-electron chi connectivity index (χ1n) is 11.2. The quantitative estimate of drug-likeness (QED) is 0.230. The van der Waals surface area contributed by atoms with E-state index in [0.717, 1.165) is 4.47 Å². The summed E-state index contributed by atoms with van der Waals surface area (Å²) in [5, 5.41) is 5.15. The van der Waals surface area contributed by atoms with Crippen LogP contribution in [0.25, 0.3) is 66.1 Å². The molecule has 0 fully saturated rings. The van der Waals surface area contributed by atoms with E-state index in [0.29, 0.717) is 0 Å². The molecule has 1 heteroatoms. The van der Waals surface area contributed by atoms with Gasteiger partial charge in [-0.2, -0.15) is 0 Å². The molecule has 0 heterocycles. The van der Waals surface area contributed by atoms with Gasteiger partial charge in [0.15, 0.2) is 0 Å². The zero-order chi connectivity index (χ0) is 21.9. The second-order valence-corrected chi connectivity index (χ2v) is 9.58. The monoisotopic (exact) mass is 482 g/mol. The summed E-state index contributed by atoms with van der Waals surface area (Å²) < 4.78 is 1.11. The standard InChI is InChI=1S/C32H19Br/c33-24-16-15-22-18-27-28(19-23(22)17-24)32-30(21-11-5-2-6-12-21)26-14-8-7-13-25(26)29(31(27)32)20-9-3-1-4-10-20/h1-19H. The Bertz CT molecular complexity index is 1700. The lowest BCUT2D eigenvalue weighted by molar-refractivity contribution is 1.53. The molecule has 0 N–H and O–H groups in total. The summed E-state index contributed by atoms with van der Waals surface area (Å²) >= 11 is 3.65. The maximum Gasteiger partial charge on any atom is 0.0181 e. The van der Waals surface area contributed by atoms with E-state index in [1.165, 1.54) is 66.1 Å². The Morgan fingerprint density at radius 3 is 1.42 bits per heavy atom. The summed E-state index contributed by atoms with van der Waals surface area (Å²) in [6.07, 6.45) is 0. The van der Waals surface area contributed by atoms with E-state index in [2.05, 4.69) is 131 Å². The van der Waals surface area contributed by atoms with Gasteiger partial charge in [0.2, 0.25) is 0 Å². The first-order chi connectivity index (χ1) is 16.3. The topological polar surface area (TPSA) is 0 Å². The number of fused-ring (bicyclic) bond motifs is 6. The van der Waals surface area contributed by atoms with Crippen LogP contribution in [0.1, 0.15) is 0 Å². The van der Waals surface area contributed by atoms with Gasteiger partial charge in [-0.25, -0.2) is 0 Å². The first-order valence-corrected chi connectivity index (χ1v) is 12.0. The zero-order valence-electron chi connectivity index (χ0n) is 17.8. The highest BCUT2D eigenvalue weighted by Gasteiger charge is 2.32. The van der Waals surface area contributed by atoms with E-state index in [1.54, 1.807) is 0 Å². The number of rotatable bonds is 2. The van der Waals surface area contributed by atoms with E-state index >= 15 is 0 Å². The normalized spacial score (nSPS) is 11.8. The van der Waals surface area contributed by atoms with Crippen molar-refractivity contribution in [2.45, 2.75) is 0 Å². The van der Waals surface area contributed by atoms with Gasteiger partial charge >= 0.3 is 0 Å². The fraction of sp³-hybridized carbons (Fsp3) is 0. The molecule has 1 aliphatic carbocycles. The highest BCUT2D eigenvalue weighted by molar-refractivity contribution is 9.10. The van der Waals surface area contributed by atoms with Gasteiger partial charge in [-0.05, 0) is 90.3 Å². The van der Waals surface area contributed by atoms with E-state index in [4.69, 9.17) is 0 Å². The van der Waals surface area contributed by atoms with Crippen molar-refractivity contribution in [3.8, 4) is 44.5 Å². The van der Waals surface area contributed by atoms with Crippen molar-refractivity contribution in [1.29, 1.82) is 0 Å². The maximum absolute atomic E-state index is 3.65. The average Bonchev–Trinajstić information content (AvgIpc) is 2.87. The molecule has 0 aliphatic heterocycles. The van der Waals surface area contributed by atoms with Crippen molar-refractivity contribution < 1.29 is 0 Å². The van der Waals surface area contributed by atoms with Gasteiger partial charge in [-0.15, -0.1) is 0 Å². The molecule has 6 aromatic carbocycles. The summed E-state index contributed by atoms with van der Waals surface area (Å²) in [6.45, 7) is 0. The van der Waals surface area contributed by atoms with Crippen LogP contribution in [-0.4, -0.2) is 0 Å². The molecule has 0 amide bonds. The fourth-order valence-corrected chi connectivity index (χ4v) is 5.78. The van der Waals surface area contributed by atoms with Gasteiger partial charge in [-0.3, -0.25) is 0 Å². The maximum atomic E-state index is 3.65. The lowest BCUT2D eigenvalue weighted by Gasteiger charge is -2.32. The third-order valence-electron chi connectivity index (χ3n) is 6.82. The van der Waals surface area contributed by atoms with Crippen LogP contribution in [-0.2, 0) is 0 Å². The molecule has 6 aromatic rings. The minimum atomic E-state index is 1.11. The van der Waals surface area contributed by atoms with Crippen molar-refractivity contribution in [2.24, 2.45) is 0 Å². The second kappa shape index (κ2) is 7.16. The second-order valence-electron chi connectivity index (χ2n) is 8.67. The van der Waals surface area contributed by atoms with Crippen molar-refractivity contribution >= 4 is 37.5 Å². The van der Waals surface area contributed by atoms with Crippen LogP contribution in [0, 0.1) is 0 Å². The number of hydrogen-bond acceptors (Lipinski definition) is 0. The van der Waals surface area contributed by atoms with Crippen LogP contribution in [0.15, 0.2) is 120 Å². The molecule has 154 valence electrons. The molecule has 0 unspecified atom stereocenters. The third kappa shape index (κ3) is 2.76. The van der Waals surface area contributed by atoms with Crippen molar-refractivity contribution in [3.63, 3.8) is 0 Å². The number of halogens is 1. The van der Waals surface area contributed by atoms with Gasteiger partial charge in [0.1, 0.15) is 0 Å². The molecule has 0 nitrogen and oxygen atoms in total. The molecule has 33 heavy (non-hydrogen) atoms. The Hall–Kier alpha value is -3.68. The van der Waals surface area contributed by atoms with Crippen LogP contribution in [0.5, 0.6) is 0 Å². The van der Waals surface area contributed by atoms with E-state index in [9.17, 15) is 0 Å². The molecule has 0 aromatic heterocycles.